The van der Waals surface area contributed by atoms with Gasteiger partial charge in [-0.1, -0.05) is 67.8 Å². The second-order valence-corrected chi connectivity index (χ2v) is 15.3. The summed E-state index contributed by atoms with van der Waals surface area (Å²) < 4.78 is 100. The molecule has 9 nitrogen and oxygen atoms in total. The molecule has 1 aliphatic carbocycles. The smallest absolute Gasteiger partial charge is 0.490 e. The maximum atomic E-state index is 16.6. The number of carboxylic acid groups (broad SMARTS) is 1. The lowest BCUT2D eigenvalue weighted by Gasteiger charge is -2.41. The van der Waals surface area contributed by atoms with Crippen LogP contribution in [0.25, 0.3) is 11.1 Å². The number of carbonyl (C=O) groups excluding carboxylic acids is 1. The predicted molar refractivity (Wildman–Crippen MR) is 183 cm³/mol. The van der Waals surface area contributed by atoms with E-state index >= 15 is 8.78 Å². The van der Waals surface area contributed by atoms with Crippen molar-refractivity contribution in [2.45, 2.75) is 98.9 Å². The van der Waals surface area contributed by atoms with Crippen LogP contribution in [0.1, 0.15) is 63.4 Å². The average Bonchev–Trinajstić information content (AvgIpc) is 3.40. The standard InChI is InChI=1S/C35H41F2N3O4S.C2HF3O2/c36-35(37,27-13-7-12-26(20-27)25-10-5-2-6-11-25)33(34(41)40-29-14-15-30(40)22-28(38)21-29)39-45(42,43)32-18-16-31(17-19-32)44-23-24-8-3-1-4-9-24;3-2(4,5)1(6)7/h2,5-7,10-13,16-20,24,28-30,33,39H,1,3-4,8-9,14-15,21-23,38H2;(H,6,7)/t28?,29?,30?,33-;/m1./s1. The molecular formula is C37H42F5N3O6S. The molecular weight excluding hydrogens is 709 g/mol. The molecule has 0 radical (unpaired) electrons. The molecule has 4 N–H and O–H groups in total. The molecule has 3 atom stereocenters. The third-order valence-corrected chi connectivity index (χ3v) is 11.3. The lowest BCUT2D eigenvalue weighted by molar-refractivity contribution is -0.192. The Morgan fingerprint density at radius 3 is 2.00 bits per heavy atom. The highest BCUT2D eigenvalue weighted by molar-refractivity contribution is 7.89. The molecule has 2 bridgehead atoms. The molecule has 52 heavy (non-hydrogen) atoms. The first-order valence-electron chi connectivity index (χ1n) is 17.2. The number of nitrogens with one attached hydrogen (secondary N) is 1. The Labute approximate surface area is 299 Å². The Bertz CT molecular complexity index is 1770. The highest BCUT2D eigenvalue weighted by Crippen LogP contribution is 2.40. The molecule has 2 aliphatic heterocycles. The number of carboxylic acids is 1. The Kier molecular flexibility index (Phi) is 12.3. The molecule has 0 aromatic heterocycles. The predicted octanol–water partition coefficient (Wildman–Crippen LogP) is 6.87. The third kappa shape index (κ3) is 9.47. The monoisotopic (exact) mass is 751 g/mol. The molecule has 1 amide bonds. The van der Waals surface area contributed by atoms with Crippen molar-refractivity contribution in [2.24, 2.45) is 11.7 Å². The summed E-state index contributed by atoms with van der Waals surface area (Å²) >= 11 is 0. The number of halogens is 5. The number of hydrogen-bond acceptors (Lipinski definition) is 6. The second kappa shape index (κ2) is 16.3. The number of hydrogen-bond donors (Lipinski definition) is 3. The Morgan fingerprint density at radius 2 is 1.42 bits per heavy atom. The van der Waals surface area contributed by atoms with E-state index in [0.717, 1.165) is 18.4 Å². The summed E-state index contributed by atoms with van der Waals surface area (Å²) in [6, 6.07) is 17.5. The minimum atomic E-state index is -5.08. The van der Waals surface area contributed by atoms with Crippen molar-refractivity contribution < 1.29 is 49.8 Å². The minimum absolute atomic E-state index is 0.122. The second-order valence-electron chi connectivity index (χ2n) is 13.6. The van der Waals surface area contributed by atoms with Crippen molar-refractivity contribution in [2.75, 3.05) is 6.61 Å². The minimum Gasteiger partial charge on any atom is -0.493 e. The molecule has 1 saturated carbocycles. The van der Waals surface area contributed by atoms with Crippen LogP contribution >= 0.6 is 0 Å². The van der Waals surface area contributed by atoms with Crippen molar-refractivity contribution in [1.82, 2.24) is 9.62 Å². The largest absolute Gasteiger partial charge is 0.493 e. The molecule has 15 heteroatoms. The van der Waals surface area contributed by atoms with E-state index in [4.69, 9.17) is 20.4 Å². The van der Waals surface area contributed by atoms with Gasteiger partial charge in [-0.15, -0.1) is 0 Å². The summed E-state index contributed by atoms with van der Waals surface area (Å²) in [5, 5.41) is 7.12. The van der Waals surface area contributed by atoms with E-state index in [1.165, 1.54) is 66.6 Å². The van der Waals surface area contributed by atoms with Gasteiger partial charge in [0.15, 0.2) is 6.04 Å². The molecule has 3 aromatic rings. The van der Waals surface area contributed by atoms with Gasteiger partial charge in [-0.05, 0) is 85.9 Å². The third-order valence-electron chi connectivity index (χ3n) is 9.85. The number of piperidine rings is 1. The number of amides is 1. The number of carbonyl (C=O) groups is 2. The van der Waals surface area contributed by atoms with E-state index in [-0.39, 0.29) is 23.0 Å². The van der Waals surface area contributed by atoms with Gasteiger partial charge in [0.25, 0.3) is 5.92 Å². The van der Waals surface area contributed by atoms with Crippen LogP contribution in [-0.4, -0.2) is 67.3 Å². The fourth-order valence-electron chi connectivity index (χ4n) is 7.22. The van der Waals surface area contributed by atoms with Crippen molar-refractivity contribution in [3.8, 4) is 16.9 Å². The molecule has 6 rings (SSSR count). The van der Waals surface area contributed by atoms with Crippen LogP contribution in [-0.2, 0) is 25.5 Å². The first-order chi connectivity index (χ1) is 24.6. The lowest BCUT2D eigenvalue weighted by Crippen LogP contribution is -2.60. The van der Waals surface area contributed by atoms with Gasteiger partial charge in [0.2, 0.25) is 15.9 Å². The number of benzene rings is 3. The topological polar surface area (TPSA) is 139 Å². The molecule has 2 unspecified atom stereocenters. The fraction of sp³-hybridized carbons (Fsp3) is 0.459. The van der Waals surface area contributed by atoms with Crippen LogP contribution in [0.4, 0.5) is 22.0 Å². The number of fused-ring (bicyclic) bond motifs is 2. The van der Waals surface area contributed by atoms with Crippen molar-refractivity contribution in [3.63, 3.8) is 0 Å². The lowest BCUT2D eigenvalue weighted by atomic mass is 9.90. The summed E-state index contributed by atoms with van der Waals surface area (Å²) in [7, 11) is -4.53. The number of alkyl halides is 5. The fourth-order valence-corrected chi connectivity index (χ4v) is 8.41. The Morgan fingerprint density at radius 1 is 0.846 bits per heavy atom. The number of aliphatic carboxylic acids is 1. The Hall–Kier alpha value is -4.08. The molecule has 3 aromatic carbocycles. The Balaban J connectivity index is 0.000000679. The van der Waals surface area contributed by atoms with E-state index in [1.807, 2.05) is 18.2 Å². The van der Waals surface area contributed by atoms with Gasteiger partial charge >= 0.3 is 12.1 Å². The summed E-state index contributed by atoms with van der Waals surface area (Å²) in [5.41, 5.74) is 7.01. The van der Waals surface area contributed by atoms with Gasteiger partial charge in [-0.3, -0.25) is 4.79 Å². The van der Waals surface area contributed by atoms with Crippen LogP contribution in [0.2, 0.25) is 0 Å². The quantitative estimate of drug-likeness (QED) is 0.192. The van der Waals surface area contributed by atoms with Crippen molar-refractivity contribution >= 4 is 21.9 Å². The number of sulfonamides is 1. The molecule has 0 spiro atoms. The highest BCUT2D eigenvalue weighted by atomic mass is 32.2. The van der Waals surface area contributed by atoms with Gasteiger partial charge in [0.05, 0.1) is 11.5 Å². The van der Waals surface area contributed by atoms with Gasteiger partial charge in [0, 0.05) is 23.7 Å². The van der Waals surface area contributed by atoms with Gasteiger partial charge < -0.3 is 20.5 Å². The maximum absolute atomic E-state index is 16.6. The SMILES string of the molecule is NC1CC2CCC(C1)N2C(=O)[C@@H](NS(=O)(=O)c1ccc(OCC2CCCCC2)cc1)C(F)(F)c1cccc(-c2ccccc2)c1.O=C(O)C(F)(F)F. The highest BCUT2D eigenvalue weighted by Gasteiger charge is 2.53. The van der Waals surface area contributed by atoms with Gasteiger partial charge in [-0.2, -0.15) is 26.7 Å². The van der Waals surface area contributed by atoms with E-state index in [0.29, 0.717) is 49.5 Å². The van der Waals surface area contributed by atoms with Gasteiger partial charge in [0.1, 0.15) is 5.75 Å². The first kappa shape index (κ1) is 39.1. The number of ether oxygens (including phenoxy) is 1. The number of nitrogens with zero attached hydrogens (tertiary/aromatic N) is 1. The van der Waals surface area contributed by atoms with E-state index in [1.54, 1.807) is 18.2 Å². The summed E-state index contributed by atoms with van der Waals surface area (Å²) in [4.78, 5) is 24.2. The van der Waals surface area contributed by atoms with E-state index in [9.17, 15) is 26.4 Å². The number of rotatable bonds is 10. The van der Waals surface area contributed by atoms with Crippen LogP contribution in [0.15, 0.2) is 83.8 Å². The zero-order chi connectivity index (χ0) is 37.7. The zero-order valence-corrected chi connectivity index (χ0v) is 29.1. The molecule has 2 heterocycles. The van der Waals surface area contributed by atoms with Crippen LogP contribution in [0.3, 0.4) is 0 Å². The van der Waals surface area contributed by atoms with Crippen molar-refractivity contribution in [3.05, 3.63) is 84.4 Å². The molecule has 3 fully saturated rings. The summed E-state index contributed by atoms with van der Waals surface area (Å²) in [6.45, 7) is 0.553. The van der Waals surface area contributed by atoms with E-state index in [2.05, 4.69) is 4.72 Å². The number of nitrogens with two attached hydrogens (primary N) is 1. The maximum Gasteiger partial charge on any atom is 0.490 e. The van der Waals surface area contributed by atoms with E-state index < -0.39 is 45.6 Å². The van der Waals surface area contributed by atoms with Crippen LogP contribution in [0, 0.1) is 5.92 Å². The van der Waals surface area contributed by atoms with Crippen molar-refractivity contribution in [1.29, 1.82) is 0 Å². The average molecular weight is 752 g/mol. The zero-order valence-electron chi connectivity index (χ0n) is 28.3. The summed E-state index contributed by atoms with van der Waals surface area (Å²) in [6.07, 6.45) is 3.05. The molecule has 282 valence electrons. The van der Waals surface area contributed by atoms with Gasteiger partial charge in [-0.25, -0.2) is 13.2 Å². The first-order valence-corrected chi connectivity index (χ1v) is 18.7. The summed E-state index contributed by atoms with van der Waals surface area (Å²) in [5.74, 6) is -6.57. The molecule has 2 saturated heterocycles. The normalized spacial score (nSPS) is 21.5. The molecule has 3 aliphatic rings. The van der Waals surface area contributed by atoms with Crippen LogP contribution < -0.4 is 15.2 Å². The van der Waals surface area contributed by atoms with Crippen LogP contribution in [0.5, 0.6) is 5.75 Å².